The largest absolute Gasteiger partial charge is 0.545 e. The lowest BCUT2D eigenvalue weighted by molar-refractivity contribution is -0.870. The zero-order valence-electron chi connectivity index (χ0n) is 50.7. The molecule has 0 N–H and O–H groups in total. The minimum atomic E-state index is -1.64. The van der Waals surface area contributed by atoms with Crippen LogP contribution in [-0.2, 0) is 33.3 Å². The molecule has 0 aromatic rings. The number of quaternary nitrogens is 1. The molecule has 0 aromatic heterocycles. The predicted octanol–water partition coefficient (Wildman–Crippen LogP) is 17.5. The molecular weight excluding hydrogens is 983 g/mol. The molecule has 0 heterocycles. The van der Waals surface area contributed by atoms with Gasteiger partial charge in [0, 0.05) is 12.8 Å². The summed E-state index contributed by atoms with van der Waals surface area (Å²) in [5.74, 6) is -2.33. The standard InChI is InChI=1S/C70H113NO8/c1-6-8-10-12-14-16-18-20-22-24-26-27-28-29-30-31-32-33-34-35-36-37-38-39-40-41-43-45-47-49-51-53-55-57-59-61-68(73)79-66(65-78-70(69(74)75)76-63-62-71(3,4)5)64-77-67(72)60-58-56-54-52-50-48-46-44-42-25-23-21-19-17-15-13-11-9-7-2/h8,10,14-17,20-23,26-27,29-30,32-33,35-36,38-39,41-44,66,70H,6-7,9,11-13,18-19,24-25,28,31,34,37,40,45-65H2,1-5H3/b10-8-,16-14-,17-15-,22-20-,23-21-,27-26-,30-29-,33-32-,36-35-,39-38-,43-41-,44-42-. The molecule has 446 valence electrons. The molecule has 0 spiro atoms. The normalized spacial score (nSPS) is 13.8. The van der Waals surface area contributed by atoms with Gasteiger partial charge in [0.25, 0.3) is 0 Å². The van der Waals surface area contributed by atoms with Crippen LogP contribution >= 0.6 is 0 Å². The van der Waals surface area contributed by atoms with E-state index >= 15 is 0 Å². The molecule has 9 nitrogen and oxygen atoms in total. The number of esters is 2. The fourth-order valence-corrected chi connectivity index (χ4v) is 7.83. The van der Waals surface area contributed by atoms with Gasteiger partial charge in [-0.25, -0.2) is 0 Å². The van der Waals surface area contributed by atoms with Gasteiger partial charge in [-0.05, 0) is 122 Å². The molecule has 0 aromatic carbocycles. The topological polar surface area (TPSA) is 111 Å². The van der Waals surface area contributed by atoms with Crippen LogP contribution < -0.4 is 5.11 Å². The first-order valence-corrected chi connectivity index (χ1v) is 31.0. The number of hydrogen-bond donors (Lipinski definition) is 0. The van der Waals surface area contributed by atoms with Gasteiger partial charge in [0.2, 0.25) is 0 Å². The third-order valence-electron chi connectivity index (χ3n) is 12.6. The molecule has 0 aliphatic carbocycles. The Kier molecular flexibility index (Phi) is 55.7. The Hall–Kier alpha value is -4.83. The van der Waals surface area contributed by atoms with E-state index in [4.69, 9.17) is 18.9 Å². The number of carbonyl (C=O) groups is 3. The summed E-state index contributed by atoms with van der Waals surface area (Å²) >= 11 is 0. The Bertz CT molecular complexity index is 1800. The van der Waals surface area contributed by atoms with Gasteiger partial charge < -0.3 is 33.3 Å². The third-order valence-corrected chi connectivity index (χ3v) is 12.6. The summed E-state index contributed by atoms with van der Waals surface area (Å²) in [5, 5.41) is 11.8. The second-order valence-electron chi connectivity index (χ2n) is 21.3. The summed E-state index contributed by atoms with van der Waals surface area (Å²) in [7, 11) is 5.90. The van der Waals surface area contributed by atoms with Crippen LogP contribution in [0.1, 0.15) is 219 Å². The van der Waals surface area contributed by atoms with Crippen molar-refractivity contribution in [1.82, 2.24) is 0 Å². The van der Waals surface area contributed by atoms with E-state index in [1.165, 1.54) is 44.9 Å². The van der Waals surface area contributed by atoms with E-state index in [2.05, 4.69) is 160 Å². The lowest BCUT2D eigenvalue weighted by Gasteiger charge is -2.26. The van der Waals surface area contributed by atoms with Crippen molar-refractivity contribution in [3.05, 3.63) is 146 Å². The monoisotopic (exact) mass is 1100 g/mol. The molecule has 0 saturated heterocycles. The minimum absolute atomic E-state index is 0.135. The summed E-state index contributed by atoms with van der Waals surface area (Å²) in [5.41, 5.74) is 0. The van der Waals surface area contributed by atoms with Crippen LogP contribution in [-0.4, -0.2) is 82.3 Å². The number of carboxylic acids is 1. The first-order chi connectivity index (χ1) is 38.6. The molecule has 0 aliphatic rings. The van der Waals surface area contributed by atoms with Crippen molar-refractivity contribution in [2.45, 2.75) is 232 Å². The van der Waals surface area contributed by atoms with Crippen molar-refractivity contribution in [2.24, 2.45) is 0 Å². The zero-order valence-corrected chi connectivity index (χ0v) is 50.7. The van der Waals surface area contributed by atoms with Crippen LogP contribution in [0.2, 0.25) is 0 Å². The Balaban J connectivity index is 4.28. The van der Waals surface area contributed by atoms with Crippen molar-refractivity contribution in [3.8, 4) is 0 Å². The molecule has 79 heavy (non-hydrogen) atoms. The molecule has 2 unspecified atom stereocenters. The van der Waals surface area contributed by atoms with Gasteiger partial charge in [0.15, 0.2) is 12.4 Å². The van der Waals surface area contributed by atoms with E-state index in [9.17, 15) is 19.5 Å². The van der Waals surface area contributed by atoms with E-state index in [1.54, 1.807) is 0 Å². The minimum Gasteiger partial charge on any atom is -0.545 e. The van der Waals surface area contributed by atoms with Crippen LogP contribution in [0.15, 0.2) is 146 Å². The number of likely N-dealkylation sites (N-methyl/N-ethyl adjacent to an activating group) is 1. The first-order valence-electron chi connectivity index (χ1n) is 31.0. The number of allylic oxidation sites excluding steroid dienone is 24. The van der Waals surface area contributed by atoms with Crippen LogP contribution in [0.4, 0.5) is 0 Å². The van der Waals surface area contributed by atoms with Crippen LogP contribution in [0, 0.1) is 0 Å². The van der Waals surface area contributed by atoms with Gasteiger partial charge in [0.05, 0.1) is 40.3 Å². The van der Waals surface area contributed by atoms with Crippen LogP contribution in [0.3, 0.4) is 0 Å². The number of hydrogen-bond acceptors (Lipinski definition) is 8. The van der Waals surface area contributed by atoms with Crippen molar-refractivity contribution in [3.63, 3.8) is 0 Å². The fourth-order valence-electron chi connectivity index (χ4n) is 7.83. The summed E-state index contributed by atoms with van der Waals surface area (Å²) in [6.45, 7) is 4.56. The van der Waals surface area contributed by atoms with Gasteiger partial charge in [-0.2, -0.15) is 0 Å². The second kappa shape index (κ2) is 59.3. The maximum atomic E-state index is 12.9. The Morgan fingerprint density at radius 3 is 1.08 bits per heavy atom. The van der Waals surface area contributed by atoms with E-state index in [1.807, 2.05) is 21.1 Å². The van der Waals surface area contributed by atoms with Crippen molar-refractivity contribution < 1.29 is 42.9 Å². The number of ether oxygens (including phenoxy) is 4. The zero-order chi connectivity index (χ0) is 57.6. The molecule has 0 radical (unpaired) electrons. The average Bonchev–Trinajstić information content (AvgIpc) is 3.42. The number of nitrogens with zero attached hydrogens (tertiary/aromatic N) is 1. The van der Waals surface area contributed by atoms with Gasteiger partial charge >= 0.3 is 11.9 Å². The van der Waals surface area contributed by atoms with Crippen molar-refractivity contribution in [1.29, 1.82) is 0 Å². The molecule has 0 amide bonds. The van der Waals surface area contributed by atoms with E-state index in [-0.39, 0.29) is 38.6 Å². The van der Waals surface area contributed by atoms with Crippen LogP contribution in [0.25, 0.3) is 0 Å². The maximum absolute atomic E-state index is 12.9. The number of unbranched alkanes of at least 4 members (excludes halogenated alkanes) is 16. The number of rotatable bonds is 55. The Morgan fingerprint density at radius 2 is 0.722 bits per heavy atom. The highest BCUT2D eigenvalue weighted by atomic mass is 16.7. The molecular formula is C70H113NO8. The summed E-state index contributed by atoms with van der Waals surface area (Å²) in [4.78, 5) is 37.3. The fraction of sp³-hybridized carbons (Fsp3) is 0.614. The summed E-state index contributed by atoms with van der Waals surface area (Å²) in [6.07, 6.45) is 83.2. The second-order valence-corrected chi connectivity index (χ2v) is 21.3. The van der Waals surface area contributed by atoms with Crippen molar-refractivity contribution in [2.75, 3.05) is 47.5 Å². The lowest BCUT2D eigenvalue weighted by atomic mass is 10.1. The number of aliphatic carboxylic acids is 1. The predicted molar refractivity (Wildman–Crippen MR) is 333 cm³/mol. The lowest BCUT2D eigenvalue weighted by Crippen LogP contribution is -2.44. The van der Waals surface area contributed by atoms with Gasteiger partial charge in [-0.3, -0.25) is 9.59 Å². The van der Waals surface area contributed by atoms with Crippen molar-refractivity contribution >= 4 is 17.9 Å². The smallest absolute Gasteiger partial charge is 0.306 e. The summed E-state index contributed by atoms with van der Waals surface area (Å²) in [6, 6.07) is 0. The highest BCUT2D eigenvalue weighted by Gasteiger charge is 2.22. The van der Waals surface area contributed by atoms with Gasteiger partial charge in [0.1, 0.15) is 13.2 Å². The van der Waals surface area contributed by atoms with E-state index < -0.39 is 24.3 Å². The molecule has 0 fully saturated rings. The number of carboxylic acid groups (broad SMARTS) is 1. The molecule has 0 bridgehead atoms. The Morgan fingerprint density at radius 1 is 0.392 bits per heavy atom. The molecule has 9 heteroatoms. The van der Waals surface area contributed by atoms with E-state index in [0.717, 1.165) is 135 Å². The van der Waals surface area contributed by atoms with E-state index in [0.29, 0.717) is 23.9 Å². The SMILES string of the molecule is CC/C=C\C/C=C\C/C=C\C/C=C\C/C=C\C/C=C\C/C=C\C/C=C\C/C=C\CCCCCCCCCC(=O)OC(COC(=O)CCCCCCCC/C=C\C/C=C\C/C=C\CCCCC)COC(OCC[N+](C)(C)C)C(=O)[O-]. The molecule has 0 rings (SSSR count). The highest BCUT2D eigenvalue weighted by molar-refractivity contribution is 5.70. The Labute approximate surface area is 483 Å². The molecule has 0 aliphatic heterocycles. The third kappa shape index (κ3) is 60.7. The number of carbonyl (C=O) groups excluding carboxylic acids is 3. The summed E-state index contributed by atoms with van der Waals surface area (Å²) < 4.78 is 22.7. The highest BCUT2D eigenvalue weighted by Crippen LogP contribution is 2.14. The average molecular weight is 1100 g/mol. The first kappa shape index (κ1) is 74.2. The quantitative estimate of drug-likeness (QED) is 0.0195. The molecule has 2 atom stereocenters. The molecule has 0 saturated carbocycles. The van der Waals surface area contributed by atoms with Gasteiger partial charge in [-0.15, -0.1) is 0 Å². The van der Waals surface area contributed by atoms with Gasteiger partial charge in [-0.1, -0.05) is 230 Å². The maximum Gasteiger partial charge on any atom is 0.306 e. The van der Waals surface area contributed by atoms with Crippen LogP contribution in [0.5, 0.6) is 0 Å².